The summed E-state index contributed by atoms with van der Waals surface area (Å²) >= 11 is 1.69. The summed E-state index contributed by atoms with van der Waals surface area (Å²) in [6.07, 6.45) is 3.47. The van der Waals surface area contributed by atoms with Gasteiger partial charge in [-0.15, -0.1) is 11.3 Å². The second-order valence-electron chi connectivity index (χ2n) is 6.45. The maximum Gasteiger partial charge on any atom is 0.231 e. The molecule has 0 radical (unpaired) electrons. The van der Waals surface area contributed by atoms with Gasteiger partial charge in [-0.3, -0.25) is 0 Å². The van der Waals surface area contributed by atoms with E-state index in [1.165, 1.54) is 0 Å². The summed E-state index contributed by atoms with van der Waals surface area (Å²) < 4.78 is 12.0. The van der Waals surface area contributed by atoms with E-state index in [9.17, 15) is 0 Å². The van der Waals surface area contributed by atoms with E-state index in [0.717, 1.165) is 49.2 Å². The monoisotopic (exact) mass is 387 g/mol. The molecule has 1 aliphatic rings. The SMILES string of the molecule is C=Cc1cccc(-c2cc3ncnc(N(C)c4ccc5c(c4)OCO5)c3s2)c1. The van der Waals surface area contributed by atoms with Gasteiger partial charge in [0.05, 0.1) is 10.2 Å². The van der Waals surface area contributed by atoms with Crippen molar-refractivity contribution in [2.45, 2.75) is 0 Å². The normalized spacial score (nSPS) is 12.3. The number of hydrogen-bond acceptors (Lipinski definition) is 6. The zero-order valence-corrected chi connectivity index (χ0v) is 16.1. The molecule has 0 fully saturated rings. The Kier molecular flexibility index (Phi) is 3.98. The van der Waals surface area contributed by atoms with E-state index in [4.69, 9.17) is 9.47 Å². The maximum atomic E-state index is 5.51. The smallest absolute Gasteiger partial charge is 0.231 e. The highest BCUT2D eigenvalue weighted by Gasteiger charge is 2.18. The molecule has 0 aliphatic carbocycles. The molecule has 28 heavy (non-hydrogen) atoms. The minimum absolute atomic E-state index is 0.262. The number of anilines is 2. The summed E-state index contributed by atoms with van der Waals surface area (Å²) in [5, 5.41) is 0. The Bertz CT molecular complexity index is 1200. The Morgan fingerprint density at radius 2 is 1.96 bits per heavy atom. The minimum atomic E-state index is 0.262. The summed E-state index contributed by atoms with van der Waals surface area (Å²) in [5.41, 5.74) is 4.16. The van der Waals surface area contributed by atoms with E-state index in [0.29, 0.717) is 0 Å². The van der Waals surface area contributed by atoms with Gasteiger partial charge < -0.3 is 14.4 Å². The fraction of sp³-hybridized carbons (Fsp3) is 0.0909. The number of benzene rings is 2. The molecule has 0 N–H and O–H groups in total. The standard InChI is InChI=1S/C22H17N3O2S/c1-3-14-5-4-6-15(9-14)20-11-17-21(28-20)22(24-12-23-17)25(2)16-7-8-18-19(10-16)27-13-26-18/h3-12H,1,13H2,2H3. The minimum Gasteiger partial charge on any atom is -0.454 e. The number of aromatic nitrogens is 2. The van der Waals surface area contributed by atoms with Crippen LogP contribution < -0.4 is 14.4 Å². The number of hydrogen-bond donors (Lipinski definition) is 0. The van der Waals surface area contributed by atoms with Gasteiger partial charge in [0.25, 0.3) is 0 Å². The molecule has 138 valence electrons. The first-order valence-electron chi connectivity index (χ1n) is 8.84. The quantitative estimate of drug-likeness (QED) is 0.463. The van der Waals surface area contributed by atoms with Crippen LogP contribution in [-0.2, 0) is 0 Å². The van der Waals surface area contributed by atoms with Crippen LogP contribution in [0.1, 0.15) is 5.56 Å². The number of rotatable bonds is 4. The second kappa shape index (κ2) is 6.65. The van der Waals surface area contributed by atoms with Gasteiger partial charge in [0, 0.05) is 23.7 Å². The fourth-order valence-corrected chi connectivity index (χ4v) is 4.39. The lowest BCUT2D eigenvalue weighted by molar-refractivity contribution is 0.174. The summed E-state index contributed by atoms with van der Waals surface area (Å²) in [7, 11) is 2.00. The Morgan fingerprint density at radius 3 is 2.86 bits per heavy atom. The van der Waals surface area contributed by atoms with Crippen molar-refractivity contribution in [2.75, 3.05) is 18.7 Å². The van der Waals surface area contributed by atoms with Crippen LogP contribution in [0.15, 0.2) is 61.4 Å². The van der Waals surface area contributed by atoms with Crippen LogP contribution in [0.3, 0.4) is 0 Å². The molecule has 5 rings (SSSR count). The van der Waals surface area contributed by atoms with Gasteiger partial charge >= 0.3 is 0 Å². The average molecular weight is 387 g/mol. The Labute approximate surface area is 166 Å². The van der Waals surface area contributed by atoms with Crippen molar-refractivity contribution in [1.82, 2.24) is 9.97 Å². The Morgan fingerprint density at radius 1 is 1.07 bits per heavy atom. The first-order chi connectivity index (χ1) is 13.7. The van der Waals surface area contributed by atoms with Crippen molar-refractivity contribution in [2.24, 2.45) is 0 Å². The molecular formula is C22H17N3O2S. The largest absolute Gasteiger partial charge is 0.454 e. The number of ether oxygens (including phenoxy) is 2. The fourth-order valence-electron chi connectivity index (χ4n) is 3.26. The van der Waals surface area contributed by atoms with Gasteiger partial charge in [-0.25, -0.2) is 9.97 Å². The van der Waals surface area contributed by atoms with Crippen molar-refractivity contribution < 1.29 is 9.47 Å². The average Bonchev–Trinajstić information content (AvgIpc) is 3.39. The van der Waals surface area contributed by atoms with E-state index < -0.39 is 0 Å². The first-order valence-corrected chi connectivity index (χ1v) is 9.65. The highest BCUT2D eigenvalue weighted by molar-refractivity contribution is 7.22. The van der Waals surface area contributed by atoms with E-state index in [1.54, 1.807) is 17.7 Å². The zero-order chi connectivity index (χ0) is 19.1. The molecule has 5 nitrogen and oxygen atoms in total. The molecule has 6 heteroatoms. The molecule has 0 saturated heterocycles. The van der Waals surface area contributed by atoms with E-state index in [-0.39, 0.29) is 6.79 Å². The molecule has 2 aromatic heterocycles. The highest BCUT2D eigenvalue weighted by atomic mass is 32.1. The zero-order valence-electron chi connectivity index (χ0n) is 15.3. The molecule has 0 saturated carbocycles. The lowest BCUT2D eigenvalue weighted by Crippen LogP contribution is -2.11. The summed E-state index contributed by atoms with van der Waals surface area (Å²) in [6.45, 7) is 4.12. The van der Waals surface area contributed by atoms with Gasteiger partial charge in [-0.05, 0) is 35.4 Å². The molecule has 3 heterocycles. The molecule has 0 atom stereocenters. The molecule has 0 unspecified atom stereocenters. The van der Waals surface area contributed by atoms with Crippen molar-refractivity contribution in [3.05, 3.63) is 67.0 Å². The lowest BCUT2D eigenvalue weighted by atomic mass is 10.1. The van der Waals surface area contributed by atoms with Gasteiger partial charge in [0.2, 0.25) is 6.79 Å². The Hall–Kier alpha value is -3.38. The third-order valence-corrected chi connectivity index (χ3v) is 5.93. The predicted molar refractivity (Wildman–Crippen MR) is 114 cm³/mol. The molecule has 0 bridgehead atoms. The van der Waals surface area contributed by atoms with Gasteiger partial charge in [-0.2, -0.15) is 0 Å². The molecule has 0 spiro atoms. The highest BCUT2D eigenvalue weighted by Crippen LogP contribution is 2.41. The molecule has 0 amide bonds. The third-order valence-electron chi connectivity index (χ3n) is 4.76. The Balaban J connectivity index is 1.58. The summed E-state index contributed by atoms with van der Waals surface area (Å²) in [6, 6.07) is 16.3. The molecule has 4 aromatic rings. The van der Waals surface area contributed by atoms with Crippen LogP contribution in [-0.4, -0.2) is 23.8 Å². The molecule has 2 aromatic carbocycles. The van der Waals surface area contributed by atoms with Crippen LogP contribution in [0.2, 0.25) is 0 Å². The van der Waals surface area contributed by atoms with Crippen molar-refractivity contribution in [1.29, 1.82) is 0 Å². The van der Waals surface area contributed by atoms with Crippen molar-refractivity contribution in [3.8, 4) is 21.9 Å². The van der Waals surface area contributed by atoms with Gasteiger partial charge in [0.15, 0.2) is 17.3 Å². The van der Waals surface area contributed by atoms with Crippen LogP contribution >= 0.6 is 11.3 Å². The first kappa shape index (κ1) is 16.8. The third kappa shape index (κ3) is 2.78. The topological polar surface area (TPSA) is 47.5 Å². The summed E-state index contributed by atoms with van der Waals surface area (Å²) in [5.74, 6) is 2.38. The number of nitrogens with zero attached hydrogens (tertiary/aromatic N) is 3. The van der Waals surface area contributed by atoms with Crippen molar-refractivity contribution >= 4 is 39.1 Å². The van der Waals surface area contributed by atoms with E-state index in [1.807, 2.05) is 48.4 Å². The van der Waals surface area contributed by atoms with Crippen LogP contribution in [0, 0.1) is 0 Å². The van der Waals surface area contributed by atoms with Gasteiger partial charge in [-0.1, -0.05) is 30.9 Å². The van der Waals surface area contributed by atoms with Gasteiger partial charge in [0.1, 0.15) is 6.33 Å². The number of thiophene rings is 1. The van der Waals surface area contributed by atoms with Crippen LogP contribution in [0.4, 0.5) is 11.5 Å². The van der Waals surface area contributed by atoms with E-state index in [2.05, 4.69) is 34.7 Å². The van der Waals surface area contributed by atoms with Crippen molar-refractivity contribution in [3.63, 3.8) is 0 Å². The molecule has 1 aliphatic heterocycles. The van der Waals surface area contributed by atoms with Crippen LogP contribution in [0.5, 0.6) is 11.5 Å². The second-order valence-corrected chi connectivity index (χ2v) is 7.50. The number of fused-ring (bicyclic) bond motifs is 2. The predicted octanol–water partition coefficient (Wildman–Crippen LogP) is 5.50. The van der Waals surface area contributed by atoms with E-state index >= 15 is 0 Å². The summed E-state index contributed by atoms with van der Waals surface area (Å²) in [4.78, 5) is 12.2. The maximum absolute atomic E-state index is 5.51. The lowest BCUT2D eigenvalue weighted by Gasteiger charge is -2.19. The van der Waals surface area contributed by atoms with Crippen LogP contribution in [0.25, 0.3) is 26.7 Å². The molecular weight excluding hydrogens is 370 g/mol.